The highest BCUT2D eigenvalue weighted by Crippen LogP contribution is 2.36. The maximum atomic E-state index is 14.7. The van der Waals surface area contributed by atoms with Gasteiger partial charge in [0.2, 0.25) is 5.91 Å². The van der Waals surface area contributed by atoms with Gasteiger partial charge in [-0.05, 0) is 30.2 Å². The number of benzene rings is 2. The van der Waals surface area contributed by atoms with Gasteiger partial charge in [0.05, 0.1) is 5.02 Å². The van der Waals surface area contributed by atoms with Gasteiger partial charge in [0.15, 0.2) is 11.6 Å². The van der Waals surface area contributed by atoms with Crippen molar-refractivity contribution in [1.29, 1.82) is 0 Å². The van der Waals surface area contributed by atoms with Crippen molar-refractivity contribution in [1.82, 2.24) is 5.32 Å². The largest absolute Gasteiger partial charge is 0.453 e. The Kier molecular flexibility index (Phi) is 6.17. The first-order valence-electron chi connectivity index (χ1n) is 7.67. The number of nitrogens with one attached hydrogen (secondary N) is 1. The number of nitrogens with two attached hydrogens (primary N) is 1. The third-order valence-electron chi connectivity index (χ3n) is 3.58. The lowest BCUT2D eigenvalue weighted by Gasteiger charge is -2.15. The molecule has 0 bridgehead atoms. The van der Waals surface area contributed by atoms with Crippen LogP contribution in [0.15, 0.2) is 36.4 Å². The number of hydrogen-bond donors (Lipinski definition) is 2. The summed E-state index contributed by atoms with van der Waals surface area (Å²) in [5.41, 5.74) is 7.12. The topological polar surface area (TPSA) is 64.3 Å². The molecule has 0 unspecified atom stereocenters. The molecule has 2 rings (SSSR count). The molecule has 3 N–H and O–H groups in total. The summed E-state index contributed by atoms with van der Waals surface area (Å²) >= 11 is 6.08. The third kappa shape index (κ3) is 4.46. The van der Waals surface area contributed by atoms with Gasteiger partial charge < -0.3 is 15.8 Å². The molecule has 0 saturated carbocycles. The number of carbonyl (C=O) groups is 1. The molecule has 0 aliphatic rings. The van der Waals surface area contributed by atoms with E-state index in [2.05, 4.69) is 5.32 Å². The van der Waals surface area contributed by atoms with Crippen LogP contribution in [0.5, 0.6) is 11.5 Å². The van der Waals surface area contributed by atoms with Crippen LogP contribution in [0, 0.1) is 5.82 Å². The molecule has 1 atom stereocenters. The first-order chi connectivity index (χ1) is 11.4. The third-order valence-corrected chi connectivity index (χ3v) is 3.88. The fraction of sp³-hybridized carbons (Fsp3) is 0.278. The van der Waals surface area contributed by atoms with Crippen LogP contribution >= 0.6 is 11.6 Å². The normalized spacial score (nSPS) is 11.9. The van der Waals surface area contributed by atoms with Gasteiger partial charge >= 0.3 is 0 Å². The fourth-order valence-corrected chi connectivity index (χ4v) is 2.40. The second-order valence-corrected chi connectivity index (χ2v) is 5.86. The highest BCUT2D eigenvalue weighted by atomic mass is 35.5. The lowest BCUT2D eigenvalue weighted by molar-refractivity contribution is -0.119. The molecule has 6 heteroatoms. The Bertz CT molecular complexity index is 737. The van der Waals surface area contributed by atoms with Gasteiger partial charge in [-0.2, -0.15) is 0 Å². The first kappa shape index (κ1) is 18.2. The Hall–Kier alpha value is -2.11. The molecule has 0 saturated heterocycles. The van der Waals surface area contributed by atoms with Gasteiger partial charge in [-0.15, -0.1) is 0 Å². The van der Waals surface area contributed by atoms with Crippen molar-refractivity contribution in [3.63, 3.8) is 0 Å². The Labute approximate surface area is 145 Å². The second-order valence-electron chi connectivity index (χ2n) is 5.45. The molecule has 0 aromatic heterocycles. The molecule has 2 aromatic carbocycles. The number of carbonyl (C=O) groups excluding carboxylic acids is 1. The minimum Gasteiger partial charge on any atom is -0.453 e. The van der Waals surface area contributed by atoms with E-state index in [1.165, 1.54) is 6.92 Å². The molecular weight excluding hydrogens is 331 g/mol. The SMILES string of the molecule is CC[C@@H](N)c1ccc(Cl)c(Oc2cccc(CNC(C)=O)c2)c1F. The van der Waals surface area contributed by atoms with E-state index in [4.69, 9.17) is 22.1 Å². The van der Waals surface area contributed by atoms with E-state index in [-0.39, 0.29) is 16.7 Å². The molecule has 128 valence electrons. The van der Waals surface area contributed by atoms with Gasteiger partial charge in [0.25, 0.3) is 0 Å². The highest BCUT2D eigenvalue weighted by molar-refractivity contribution is 6.32. The summed E-state index contributed by atoms with van der Waals surface area (Å²) in [7, 11) is 0. The molecule has 0 aliphatic heterocycles. The molecule has 24 heavy (non-hydrogen) atoms. The number of halogens is 2. The molecule has 2 aromatic rings. The minimum atomic E-state index is -0.552. The van der Waals surface area contributed by atoms with Crippen LogP contribution in [0.25, 0.3) is 0 Å². The maximum absolute atomic E-state index is 14.7. The number of amides is 1. The number of ether oxygens (including phenoxy) is 1. The second kappa shape index (κ2) is 8.13. The molecule has 0 radical (unpaired) electrons. The van der Waals surface area contributed by atoms with Crippen molar-refractivity contribution >= 4 is 17.5 Å². The Morgan fingerprint density at radius 2 is 2.12 bits per heavy atom. The molecule has 4 nitrogen and oxygen atoms in total. The van der Waals surface area contributed by atoms with Crippen molar-refractivity contribution in [3.8, 4) is 11.5 Å². The molecule has 0 aliphatic carbocycles. The molecule has 0 heterocycles. The van der Waals surface area contributed by atoms with Crippen LogP contribution in [-0.4, -0.2) is 5.91 Å². The zero-order valence-electron chi connectivity index (χ0n) is 13.6. The lowest BCUT2D eigenvalue weighted by atomic mass is 10.0. The smallest absolute Gasteiger partial charge is 0.217 e. The van der Waals surface area contributed by atoms with Crippen LogP contribution in [-0.2, 0) is 11.3 Å². The van der Waals surface area contributed by atoms with E-state index in [1.807, 2.05) is 13.0 Å². The summed E-state index contributed by atoms with van der Waals surface area (Å²) in [6.07, 6.45) is 0.601. The maximum Gasteiger partial charge on any atom is 0.217 e. The average Bonchev–Trinajstić information content (AvgIpc) is 2.56. The van der Waals surface area contributed by atoms with Crippen molar-refractivity contribution in [2.24, 2.45) is 5.73 Å². The predicted molar refractivity (Wildman–Crippen MR) is 92.7 cm³/mol. The number of hydrogen-bond acceptors (Lipinski definition) is 3. The summed E-state index contributed by atoms with van der Waals surface area (Å²) in [5.74, 6) is -0.295. The highest BCUT2D eigenvalue weighted by Gasteiger charge is 2.18. The lowest BCUT2D eigenvalue weighted by Crippen LogP contribution is -2.18. The van der Waals surface area contributed by atoms with E-state index in [0.29, 0.717) is 24.3 Å². The van der Waals surface area contributed by atoms with E-state index in [0.717, 1.165) is 5.56 Å². The van der Waals surface area contributed by atoms with Gasteiger partial charge in [0.1, 0.15) is 5.75 Å². The molecule has 0 fully saturated rings. The Balaban J connectivity index is 2.27. The van der Waals surface area contributed by atoms with Crippen LogP contribution in [0.2, 0.25) is 5.02 Å². The van der Waals surface area contributed by atoms with Gasteiger partial charge in [-0.1, -0.05) is 36.7 Å². The monoisotopic (exact) mass is 350 g/mol. The van der Waals surface area contributed by atoms with E-state index >= 15 is 0 Å². The standard InChI is InChI=1S/C18H20ClFN2O2/c1-3-16(21)14-7-8-15(19)18(17(14)20)24-13-6-4-5-12(9-13)10-22-11(2)23/h4-9,16H,3,10,21H2,1-2H3,(H,22,23)/t16-/m1/s1. The van der Waals surface area contributed by atoms with Crippen LogP contribution in [0.3, 0.4) is 0 Å². The summed E-state index contributed by atoms with van der Waals surface area (Å²) in [6.45, 7) is 3.69. The predicted octanol–water partition coefficient (Wildman–Crippen LogP) is 4.32. The zero-order chi connectivity index (χ0) is 17.7. The summed E-state index contributed by atoms with van der Waals surface area (Å²) in [4.78, 5) is 11.0. The van der Waals surface area contributed by atoms with Crippen molar-refractivity contribution in [2.75, 3.05) is 0 Å². The number of rotatable bonds is 6. The Morgan fingerprint density at radius 1 is 1.38 bits per heavy atom. The fourth-order valence-electron chi connectivity index (χ4n) is 2.21. The van der Waals surface area contributed by atoms with Crippen molar-refractivity contribution < 1.29 is 13.9 Å². The van der Waals surface area contributed by atoms with Crippen LogP contribution in [0.1, 0.15) is 37.4 Å². The Morgan fingerprint density at radius 3 is 2.79 bits per heavy atom. The quantitative estimate of drug-likeness (QED) is 0.815. The van der Waals surface area contributed by atoms with Gasteiger partial charge in [0, 0.05) is 25.1 Å². The minimum absolute atomic E-state index is 0.0465. The molecule has 0 spiro atoms. The van der Waals surface area contributed by atoms with Gasteiger partial charge in [-0.25, -0.2) is 4.39 Å². The summed E-state index contributed by atoms with van der Waals surface area (Å²) in [6, 6.07) is 9.75. The summed E-state index contributed by atoms with van der Waals surface area (Å²) in [5, 5.41) is 2.87. The van der Waals surface area contributed by atoms with Crippen molar-refractivity contribution in [3.05, 3.63) is 58.4 Å². The van der Waals surface area contributed by atoms with E-state index in [9.17, 15) is 9.18 Å². The summed E-state index contributed by atoms with van der Waals surface area (Å²) < 4.78 is 20.3. The zero-order valence-corrected chi connectivity index (χ0v) is 14.4. The van der Waals surface area contributed by atoms with E-state index < -0.39 is 11.9 Å². The molecular formula is C18H20ClFN2O2. The van der Waals surface area contributed by atoms with Crippen LogP contribution < -0.4 is 15.8 Å². The van der Waals surface area contributed by atoms with Gasteiger partial charge in [-0.3, -0.25) is 4.79 Å². The average molecular weight is 351 g/mol. The van der Waals surface area contributed by atoms with Crippen LogP contribution in [0.4, 0.5) is 4.39 Å². The molecule has 1 amide bonds. The van der Waals surface area contributed by atoms with E-state index in [1.54, 1.807) is 30.3 Å². The first-order valence-corrected chi connectivity index (χ1v) is 8.04. The van der Waals surface area contributed by atoms with Crippen molar-refractivity contribution in [2.45, 2.75) is 32.9 Å².